The van der Waals surface area contributed by atoms with E-state index in [1.165, 1.54) is 0 Å². The highest BCUT2D eigenvalue weighted by Crippen LogP contribution is 2.20. The molecule has 0 aliphatic heterocycles. The topological polar surface area (TPSA) is 26.3 Å². The third-order valence-corrected chi connectivity index (χ3v) is 3.21. The van der Waals surface area contributed by atoms with Crippen LogP contribution >= 0.6 is 15.9 Å². The molecule has 0 radical (unpaired) electrons. The molecule has 0 atom stereocenters. The number of hydrogen-bond acceptors (Lipinski definition) is 2. The molecule has 0 aliphatic rings. The predicted molar refractivity (Wildman–Crippen MR) is 75.2 cm³/mol. The van der Waals surface area contributed by atoms with Gasteiger partial charge in [0.1, 0.15) is 5.75 Å². The smallest absolute Gasteiger partial charge is 0.170 e. The third-order valence-electron chi connectivity index (χ3n) is 2.69. The van der Waals surface area contributed by atoms with E-state index in [0.29, 0.717) is 17.7 Å². The van der Waals surface area contributed by atoms with Gasteiger partial charge < -0.3 is 4.74 Å². The van der Waals surface area contributed by atoms with Gasteiger partial charge >= 0.3 is 0 Å². The lowest BCUT2D eigenvalue weighted by atomic mass is 10.0. The first-order valence-electron chi connectivity index (χ1n) is 5.61. The van der Waals surface area contributed by atoms with E-state index in [-0.39, 0.29) is 5.78 Å². The van der Waals surface area contributed by atoms with Crippen LogP contribution in [0.4, 0.5) is 0 Å². The van der Waals surface area contributed by atoms with Gasteiger partial charge in [0, 0.05) is 10.9 Å². The van der Waals surface area contributed by atoms with Crippen molar-refractivity contribution in [2.75, 3.05) is 7.11 Å². The average Bonchev–Trinajstić information content (AvgIpc) is 2.41. The summed E-state index contributed by atoms with van der Waals surface area (Å²) in [6.45, 7) is 0. The molecule has 3 heteroatoms. The molecular weight excluding hydrogens is 292 g/mol. The first-order chi connectivity index (χ1) is 8.70. The van der Waals surface area contributed by atoms with Crippen molar-refractivity contribution < 1.29 is 9.53 Å². The van der Waals surface area contributed by atoms with Crippen molar-refractivity contribution in [2.45, 2.75) is 6.42 Å². The van der Waals surface area contributed by atoms with Gasteiger partial charge in [0.05, 0.1) is 12.7 Å². The number of hydrogen-bond donors (Lipinski definition) is 0. The van der Waals surface area contributed by atoms with E-state index in [9.17, 15) is 4.79 Å². The molecule has 0 amide bonds. The van der Waals surface area contributed by atoms with E-state index in [1.807, 2.05) is 36.4 Å². The fourth-order valence-corrected chi connectivity index (χ4v) is 2.02. The van der Waals surface area contributed by atoms with Gasteiger partial charge in [-0.2, -0.15) is 0 Å². The Bertz CT molecular complexity index is 547. The number of Topliss-reactive ketones (excluding diaryl/α,β-unsaturated/α-hetero) is 1. The number of rotatable bonds is 4. The number of ether oxygens (including phenoxy) is 1. The molecule has 0 spiro atoms. The van der Waals surface area contributed by atoms with Gasteiger partial charge in [-0.1, -0.05) is 40.2 Å². The molecule has 2 nitrogen and oxygen atoms in total. The Kier molecular flexibility index (Phi) is 4.15. The van der Waals surface area contributed by atoms with Gasteiger partial charge in [-0.3, -0.25) is 4.79 Å². The van der Waals surface area contributed by atoms with Crippen molar-refractivity contribution in [1.82, 2.24) is 0 Å². The SMILES string of the molecule is COc1ccccc1C(=O)Cc1ccc(Br)cc1. The first kappa shape index (κ1) is 12.8. The van der Waals surface area contributed by atoms with Crippen molar-refractivity contribution in [1.29, 1.82) is 0 Å². The highest BCUT2D eigenvalue weighted by atomic mass is 79.9. The zero-order valence-corrected chi connectivity index (χ0v) is 11.6. The Morgan fingerprint density at radius 1 is 1.11 bits per heavy atom. The van der Waals surface area contributed by atoms with Crippen LogP contribution in [0.3, 0.4) is 0 Å². The number of carbonyl (C=O) groups excluding carboxylic acids is 1. The van der Waals surface area contributed by atoms with Crippen LogP contribution in [-0.4, -0.2) is 12.9 Å². The average molecular weight is 305 g/mol. The van der Waals surface area contributed by atoms with E-state index in [1.54, 1.807) is 19.2 Å². The number of halogens is 1. The fourth-order valence-electron chi connectivity index (χ4n) is 1.76. The molecule has 0 bridgehead atoms. The van der Waals surface area contributed by atoms with Gasteiger partial charge in [-0.05, 0) is 29.8 Å². The van der Waals surface area contributed by atoms with E-state index >= 15 is 0 Å². The van der Waals surface area contributed by atoms with E-state index in [2.05, 4.69) is 15.9 Å². The van der Waals surface area contributed by atoms with Crippen molar-refractivity contribution >= 4 is 21.7 Å². The van der Waals surface area contributed by atoms with Crippen LogP contribution < -0.4 is 4.74 Å². The Morgan fingerprint density at radius 3 is 2.44 bits per heavy atom. The summed E-state index contributed by atoms with van der Waals surface area (Å²) in [5, 5.41) is 0. The summed E-state index contributed by atoms with van der Waals surface area (Å²) in [4.78, 5) is 12.2. The van der Waals surface area contributed by atoms with Crippen LogP contribution in [-0.2, 0) is 6.42 Å². The van der Waals surface area contributed by atoms with Crippen LogP contribution in [0.5, 0.6) is 5.75 Å². The second-order valence-corrected chi connectivity index (χ2v) is 4.84. The van der Waals surface area contributed by atoms with E-state index in [0.717, 1.165) is 10.0 Å². The Balaban J connectivity index is 2.19. The molecule has 0 fully saturated rings. The largest absolute Gasteiger partial charge is 0.496 e. The van der Waals surface area contributed by atoms with Gasteiger partial charge in [0.15, 0.2) is 5.78 Å². The van der Waals surface area contributed by atoms with E-state index < -0.39 is 0 Å². The molecule has 2 rings (SSSR count). The molecule has 0 aromatic heterocycles. The Hall–Kier alpha value is -1.61. The lowest BCUT2D eigenvalue weighted by molar-refractivity contribution is 0.0990. The number of methoxy groups -OCH3 is 1. The standard InChI is InChI=1S/C15H13BrO2/c1-18-15-5-3-2-4-13(15)14(17)10-11-6-8-12(16)9-7-11/h2-9H,10H2,1H3. The molecule has 0 N–H and O–H groups in total. The van der Waals surface area contributed by atoms with Crippen LogP contribution in [0.15, 0.2) is 53.0 Å². The number of benzene rings is 2. The van der Waals surface area contributed by atoms with Gasteiger partial charge in [0.2, 0.25) is 0 Å². The molecule has 2 aromatic rings. The molecule has 0 unspecified atom stereocenters. The minimum Gasteiger partial charge on any atom is -0.496 e. The summed E-state index contributed by atoms with van der Waals surface area (Å²) < 4.78 is 6.21. The van der Waals surface area contributed by atoms with E-state index in [4.69, 9.17) is 4.74 Å². The lowest BCUT2D eigenvalue weighted by Gasteiger charge is -2.07. The summed E-state index contributed by atoms with van der Waals surface area (Å²) in [5.41, 5.74) is 1.62. The van der Waals surface area contributed by atoms with Crippen molar-refractivity contribution in [3.63, 3.8) is 0 Å². The lowest BCUT2D eigenvalue weighted by Crippen LogP contribution is -2.05. The molecule has 0 saturated heterocycles. The molecular formula is C15H13BrO2. The molecule has 92 valence electrons. The maximum absolute atomic E-state index is 12.2. The first-order valence-corrected chi connectivity index (χ1v) is 6.40. The number of ketones is 1. The minimum absolute atomic E-state index is 0.0646. The second-order valence-electron chi connectivity index (χ2n) is 3.93. The Labute approximate surface area is 115 Å². The molecule has 0 aliphatic carbocycles. The predicted octanol–water partition coefficient (Wildman–Crippen LogP) is 3.88. The quantitative estimate of drug-likeness (QED) is 0.801. The number of carbonyl (C=O) groups is 1. The highest BCUT2D eigenvalue weighted by molar-refractivity contribution is 9.10. The van der Waals surface area contributed by atoms with Crippen LogP contribution in [0.25, 0.3) is 0 Å². The van der Waals surface area contributed by atoms with Crippen molar-refractivity contribution in [3.8, 4) is 5.75 Å². The summed E-state index contributed by atoms with van der Waals surface area (Å²) in [6, 6.07) is 15.0. The summed E-state index contributed by atoms with van der Waals surface area (Å²) in [7, 11) is 1.58. The maximum atomic E-state index is 12.2. The monoisotopic (exact) mass is 304 g/mol. The summed E-state index contributed by atoms with van der Waals surface area (Å²) >= 11 is 3.37. The highest BCUT2D eigenvalue weighted by Gasteiger charge is 2.11. The zero-order valence-electron chi connectivity index (χ0n) is 10.0. The molecule has 2 aromatic carbocycles. The van der Waals surface area contributed by atoms with Crippen molar-refractivity contribution in [3.05, 3.63) is 64.1 Å². The summed E-state index contributed by atoms with van der Waals surface area (Å²) in [6.07, 6.45) is 0.383. The normalized spacial score (nSPS) is 10.1. The second kappa shape index (κ2) is 5.83. The third kappa shape index (κ3) is 2.99. The maximum Gasteiger partial charge on any atom is 0.170 e. The van der Waals surface area contributed by atoms with Crippen molar-refractivity contribution in [2.24, 2.45) is 0 Å². The molecule has 0 saturated carbocycles. The fraction of sp³-hybridized carbons (Fsp3) is 0.133. The zero-order chi connectivity index (χ0) is 13.0. The van der Waals surface area contributed by atoms with Crippen LogP contribution in [0, 0.1) is 0 Å². The van der Waals surface area contributed by atoms with Gasteiger partial charge in [-0.25, -0.2) is 0 Å². The minimum atomic E-state index is 0.0646. The molecule has 0 heterocycles. The van der Waals surface area contributed by atoms with Crippen LogP contribution in [0.2, 0.25) is 0 Å². The molecule has 18 heavy (non-hydrogen) atoms. The summed E-state index contributed by atoms with van der Waals surface area (Å²) in [5.74, 6) is 0.689. The van der Waals surface area contributed by atoms with Gasteiger partial charge in [-0.15, -0.1) is 0 Å². The number of para-hydroxylation sites is 1. The Morgan fingerprint density at radius 2 is 1.78 bits per heavy atom. The van der Waals surface area contributed by atoms with Gasteiger partial charge in [0.25, 0.3) is 0 Å². The van der Waals surface area contributed by atoms with Crippen LogP contribution in [0.1, 0.15) is 15.9 Å².